The van der Waals surface area contributed by atoms with E-state index >= 15 is 0 Å². The number of nitrogens with one attached hydrogen (secondary N) is 3. The molecular weight excluding hydrogens is 510 g/mol. The molecule has 2 aromatic carbocycles. The summed E-state index contributed by atoms with van der Waals surface area (Å²) in [5.74, 6) is -2.79. The van der Waals surface area contributed by atoms with Crippen LogP contribution >= 0.6 is 0 Å². The summed E-state index contributed by atoms with van der Waals surface area (Å²) >= 11 is 0. The molecule has 0 saturated heterocycles. The fourth-order valence-corrected chi connectivity index (χ4v) is 4.87. The molecule has 4 N–H and O–H groups in total. The van der Waals surface area contributed by atoms with E-state index in [1.54, 1.807) is 12.1 Å². The van der Waals surface area contributed by atoms with Crippen LogP contribution in [0.1, 0.15) is 51.4 Å². The maximum atomic E-state index is 13.3. The largest absolute Gasteiger partial charge is 0.463 e. The van der Waals surface area contributed by atoms with Crippen molar-refractivity contribution < 1.29 is 29.0 Å². The van der Waals surface area contributed by atoms with Gasteiger partial charge in [-0.05, 0) is 48.6 Å². The summed E-state index contributed by atoms with van der Waals surface area (Å²) in [6.07, 6.45) is 6.89. The van der Waals surface area contributed by atoms with Crippen molar-refractivity contribution in [3.8, 4) is 0 Å². The smallest absolute Gasteiger partial charge is 0.306 e. The molecule has 9 heteroatoms. The number of esters is 1. The zero-order valence-electron chi connectivity index (χ0n) is 22.8. The van der Waals surface area contributed by atoms with E-state index in [1.165, 1.54) is 6.08 Å². The Balaban J connectivity index is 1.71. The Bertz CT molecular complexity index is 1220. The van der Waals surface area contributed by atoms with E-state index in [9.17, 15) is 24.3 Å². The molecular formula is C31H39N3O6. The Morgan fingerprint density at radius 2 is 1.73 bits per heavy atom. The van der Waals surface area contributed by atoms with Crippen LogP contribution in [-0.2, 0) is 23.9 Å². The van der Waals surface area contributed by atoms with E-state index in [0.29, 0.717) is 24.9 Å². The van der Waals surface area contributed by atoms with E-state index < -0.39 is 35.3 Å². The van der Waals surface area contributed by atoms with Gasteiger partial charge in [-0.2, -0.15) is 0 Å². The SMILES string of the molecule is C=CCCC(=O)OC[C@H](NC(=O)[C@H](CC=C)CC(=O)NC1(CO)CCCC1)C(=O)Nc1ccc2ccccc2c1. The molecule has 3 rings (SSSR count). The summed E-state index contributed by atoms with van der Waals surface area (Å²) in [6, 6.07) is 11.9. The van der Waals surface area contributed by atoms with Crippen molar-refractivity contribution in [2.75, 3.05) is 18.5 Å². The second-order valence-corrected chi connectivity index (χ2v) is 10.2. The van der Waals surface area contributed by atoms with Gasteiger partial charge >= 0.3 is 5.97 Å². The zero-order chi connectivity index (χ0) is 29.0. The normalized spacial score (nSPS) is 15.4. The number of aliphatic hydroxyl groups is 1. The van der Waals surface area contributed by atoms with Crippen LogP contribution in [0.4, 0.5) is 5.69 Å². The highest BCUT2D eigenvalue weighted by Crippen LogP contribution is 2.29. The van der Waals surface area contributed by atoms with Crippen molar-refractivity contribution in [2.24, 2.45) is 5.92 Å². The first-order chi connectivity index (χ1) is 19.3. The van der Waals surface area contributed by atoms with Crippen LogP contribution < -0.4 is 16.0 Å². The third kappa shape index (κ3) is 8.77. The highest BCUT2D eigenvalue weighted by molar-refractivity contribution is 5.99. The minimum Gasteiger partial charge on any atom is -0.463 e. The second kappa shape index (κ2) is 15.0. The Morgan fingerprint density at radius 1 is 1.00 bits per heavy atom. The molecule has 0 aromatic heterocycles. The van der Waals surface area contributed by atoms with Crippen LogP contribution in [0.15, 0.2) is 67.8 Å². The van der Waals surface area contributed by atoms with E-state index in [2.05, 4.69) is 29.1 Å². The number of rotatable bonds is 15. The first-order valence-corrected chi connectivity index (χ1v) is 13.7. The number of hydrogen-bond donors (Lipinski definition) is 4. The van der Waals surface area contributed by atoms with Crippen LogP contribution in [0.2, 0.25) is 0 Å². The minimum atomic E-state index is -1.19. The van der Waals surface area contributed by atoms with Gasteiger partial charge in [-0.3, -0.25) is 19.2 Å². The molecule has 1 fully saturated rings. The van der Waals surface area contributed by atoms with Gasteiger partial charge in [0.1, 0.15) is 12.6 Å². The van der Waals surface area contributed by atoms with Gasteiger partial charge in [-0.1, -0.05) is 55.3 Å². The molecule has 0 spiro atoms. The quantitative estimate of drug-likeness (QED) is 0.197. The Kier molecular flexibility index (Phi) is 11.4. The van der Waals surface area contributed by atoms with Crippen LogP contribution in [0.3, 0.4) is 0 Å². The highest BCUT2D eigenvalue weighted by Gasteiger charge is 2.36. The topological polar surface area (TPSA) is 134 Å². The third-order valence-corrected chi connectivity index (χ3v) is 7.14. The molecule has 0 radical (unpaired) electrons. The molecule has 0 bridgehead atoms. The minimum absolute atomic E-state index is 0.0995. The third-order valence-electron chi connectivity index (χ3n) is 7.14. The molecule has 40 heavy (non-hydrogen) atoms. The van der Waals surface area contributed by atoms with Gasteiger partial charge in [0, 0.05) is 18.5 Å². The van der Waals surface area contributed by atoms with Gasteiger partial charge in [-0.15, -0.1) is 13.2 Å². The predicted octanol–water partition coefficient (Wildman–Crippen LogP) is 3.78. The lowest BCUT2D eigenvalue weighted by Crippen LogP contribution is -2.51. The molecule has 0 unspecified atom stereocenters. The number of allylic oxidation sites excluding steroid dienone is 2. The summed E-state index contributed by atoms with van der Waals surface area (Å²) in [5.41, 5.74) is -0.136. The van der Waals surface area contributed by atoms with Crippen LogP contribution in [-0.4, -0.2) is 53.6 Å². The number of amides is 3. The average Bonchev–Trinajstić information content (AvgIpc) is 3.42. The van der Waals surface area contributed by atoms with E-state index in [4.69, 9.17) is 4.74 Å². The number of anilines is 1. The summed E-state index contributed by atoms with van der Waals surface area (Å²) in [6.45, 7) is 6.75. The van der Waals surface area contributed by atoms with Crippen LogP contribution in [0, 0.1) is 5.92 Å². The van der Waals surface area contributed by atoms with E-state index in [0.717, 1.165) is 23.6 Å². The highest BCUT2D eigenvalue weighted by atomic mass is 16.5. The number of ether oxygens (including phenoxy) is 1. The molecule has 1 aliphatic carbocycles. The summed E-state index contributed by atoms with van der Waals surface area (Å²) in [4.78, 5) is 51.5. The van der Waals surface area contributed by atoms with Gasteiger partial charge < -0.3 is 25.8 Å². The van der Waals surface area contributed by atoms with Gasteiger partial charge in [0.25, 0.3) is 5.91 Å². The lowest BCUT2D eigenvalue weighted by molar-refractivity contribution is -0.146. The van der Waals surface area contributed by atoms with Gasteiger partial charge in [0.15, 0.2) is 0 Å². The van der Waals surface area contributed by atoms with E-state index in [-0.39, 0.29) is 38.4 Å². The first kappa shape index (κ1) is 30.6. The van der Waals surface area contributed by atoms with Crippen molar-refractivity contribution in [3.63, 3.8) is 0 Å². The van der Waals surface area contributed by atoms with Crippen LogP contribution in [0.25, 0.3) is 10.8 Å². The average molecular weight is 550 g/mol. The summed E-state index contributed by atoms with van der Waals surface area (Å²) < 4.78 is 5.28. The van der Waals surface area contributed by atoms with Gasteiger partial charge in [0.05, 0.1) is 18.1 Å². The second-order valence-electron chi connectivity index (χ2n) is 10.2. The maximum Gasteiger partial charge on any atom is 0.306 e. The predicted molar refractivity (Wildman–Crippen MR) is 154 cm³/mol. The lowest BCUT2D eigenvalue weighted by Gasteiger charge is -2.29. The fraction of sp³-hybridized carbons (Fsp3) is 0.419. The number of carbonyl (C=O) groups is 4. The standard InChI is InChI=1S/C31H39N3O6/c1-3-5-13-28(37)40-20-26(30(39)32-25-15-14-22-11-6-7-12-23(22)18-25)33-29(38)24(10-4-2)19-27(36)34-31(21-35)16-8-9-17-31/h3-4,6-7,11-12,14-15,18,24,26,35H,1-2,5,8-10,13,16-17,19-21H2,(H,32,39)(H,33,38)(H,34,36)/t24-,26+/m1/s1. The molecule has 9 nitrogen and oxygen atoms in total. The Labute approximate surface area is 235 Å². The monoisotopic (exact) mass is 549 g/mol. The molecule has 0 aliphatic heterocycles. The molecule has 214 valence electrons. The van der Waals surface area contributed by atoms with Crippen molar-refractivity contribution in [1.29, 1.82) is 0 Å². The summed E-state index contributed by atoms with van der Waals surface area (Å²) in [5, 5.41) is 20.1. The fourth-order valence-electron chi connectivity index (χ4n) is 4.87. The van der Waals surface area contributed by atoms with Crippen molar-refractivity contribution in [1.82, 2.24) is 10.6 Å². The molecule has 2 aromatic rings. The Morgan fingerprint density at radius 3 is 2.40 bits per heavy atom. The summed E-state index contributed by atoms with van der Waals surface area (Å²) in [7, 11) is 0. The molecule has 1 saturated carbocycles. The molecule has 3 amide bonds. The maximum absolute atomic E-state index is 13.3. The van der Waals surface area contributed by atoms with Gasteiger partial charge in [-0.25, -0.2) is 0 Å². The molecule has 1 aliphatic rings. The van der Waals surface area contributed by atoms with Crippen LogP contribution in [0.5, 0.6) is 0 Å². The Hall–Kier alpha value is -3.98. The van der Waals surface area contributed by atoms with Crippen molar-refractivity contribution in [2.45, 2.75) is 62.9 Å². The van der Waals surface area contributed by atoms with Crippen molar-refractivity contribution >= 4 is 40.2 Å². The number of carbonyl (C=O) groups excluding carboxylic acids is 4. The van der Waals surface area contributed by atoms with Gasteiger partial charge in [0.2, 0.25) is 11.8 Å². The van der Waals surface area contributed by atoms with Crippen molar-refractivity contribution in [3.05, 3.63) is 67.8 Å². The molecule has 2 atom stereocenters. The zero-order valence-corrected chi connectivity index (χ0v) is 22.8. The van der Waals surface area contributed by atoms with E-state index in [1.807, 2.05) is 36.4 Å². The molecule has 0 heterocycles. The number of aliphatic hydroxyl groups excluding tert-OH is 1. The number of fused-ring (bicyclic) bond motifs is 1. The lowest BCUT2D eigenvalue weighted by atomic mass is 9.95. The first-order valence-electron chi connectivity index (χ1n) is 13.7. The number of benzene rings is 2. The number of hydrogen-bond acceptors (Lipinski definition) is 6.